The molecule has 1 aliphatic carbocycles. The van der Waals surface area contributed by atoms with Crippen molar-refractivity contribution in [3.63, 3.8) is 0 Å². The van der Waals surface area contributed by atoms with Crippen LogP contribution in [0.4, 0.5) is 18.0 Å². The number of halogens is 3. The number of nitrogens with one attached hydrogen (secondary N) is 1. The number of fused-ring (bicyclic) bond motifs is 3. The van der Waals surface area contributed by atoms with Crippen LogP contribution < -0.4 is 10.4 Å². The van der Waals surface area contributed by atoms with Crippen LogP contribution in [0, 0.1) is 0 Å². The van der Waals surface area contributed by atoms with Gasteiger partial charge in [0.15, 0.2) is 0 Å². The van der Waals surface area contributed by atoms with E-state index >= 15 is 0 Å². The molecule has 2 N–H and O–H groups in total. The standard InChI is InChI=1S/C29H37N3O5.C2HF3O2/c1-32(2,3)16-10-4-5-15-27(33)30-20-17-26(28(34)35)31(18-20)29(36)37-19-25-23-13-8-6-11-21(23)22-12-7-9-14-24(22)25;3-2(4,5)1(6)7/h6-9,11-14,20,25-26H,4-5,10,15-19H2,1-3H3,(H-,30,33,34,35);(H,6,7)/t20-,26+;/m0./s1. The molecule has 1 aliphatic heterocycles. The summed E-state index contributed by atoms with van der Waals surface area (Å²) in [6.07, 6.45) is -2.47. The Morgan fingerprint density at radius 1 is 0.977 bits per heavy atom. The van der Waals surface area contributed by atoms with Gasteiger partial charge in [-0.3, -0.25) is 9.69 Å². The van der Waals surface area contributed by atoms with Crippen LogP contribution in [0.15, 0.2) is 48.5 Å². The molecule has 2 atom stereocenters. The Kier molecular flexibility index (Phi) is 11.4. The third-order valence-electron chi connectivity index (χ3n) is 7.49. The number of ether oxygens (including phenoxy) is 1. The van der Waals surface area contributed by atoms with Crippen molar-refractivity contribution in [1.82, 2.24) is 10.2 Å². The van der Waals surface area contributed by atoms with Gasteiger partial charge in [0.1, 0.15) is 18.6 Å². The Morgan fingerprint density at radius 2 is 1.52 bits per heavy atom. The van der Waals surface area contributed by atoms with Crippen molar-refractivity contribution in [2.75, 3.05) is 40.8 Å². The number of unbranched alkanes of at least 4 members (excludes halogenated alkanes) is 2. The molecule has 1 saturated heterocycles. The van der Waals surface area contributed by atoms with E-state index in [1.165, 1.54) is 4.90 Å². The number of benzene rings is 2. The molecule has 2 amide bonds. The van der Waals surface area contributed by atoms with Crippen LogP contribution in [0.1, 0.15) is 49.1 Å². The maximum Gasteiger partial charge on any atom is 0.430 e. The summed E-state index contributed by atoms with van der Waals surface area (Å²) in [5, 5.41) is 21.4. The Labute approximate surface area is 254 Å². The van der Waals surface area contributed by atoms with Gasteiger partial charge in [-0.25, -0.2) is 9.59 Å². The molecule has 2 aromatic carbocycles. The van der Waals surface area contributed by atoms with E-state index in [9.17, 15) is 32.7 Å². The van der Waals surface area contributed by atoms with Crippen molar-refractivity contribution in [3.8, 4) is 11.1 Å². The van der Waals surface area contributed by atoms with Crippen molar-refractivity contribution in [1.29, 1.82) is 0 Å². The van der Waals surface area contributed by atoms with Gasteiger partial charge < -0.3 is 29.5 Å². The third-order valence-corrected chi connectivity index (χ3v) is 7.49. The first-order valence-corrected chi connectivity index (χ1v) is 14.3. The monoisotopic (exact) mass is 621 g/mol. The molecule has 0 aromatic heterocycles. The van der Waals surface area contributed by atoms with E-state index in [0.717, 1.165) is 52.5 Å². The number of amides is 2. The van der Waals surface area contributed by atoms with Crippen LogP contribution in [0.2, 0.25) is 0 Å². The van der Waals surface area contributed by atoms with E-state index in [1.54, 1.807) is 0 Å². The zero-order valence-electron chi connectivity index (χ0n) is 24.9. The summed E-state index contributed by atoms with van der Waals surface area (Å²) >= 11 is 0. The van der Waals surface area contributed by atoms with Crippen molar-refractivity contribution in [2.45, 2.75) is 56.3 Å². The number of aliphatic carboxylic acids is 2. The van der Waals surface area contributed by atoms with Gasteiger partial charge in [-0.1, -0.05) is 48.5 Å². The predicted octanol–water partition coefficient (Wildman–Crippen LogP) is 3.14. The minimum absolute atomic E-state index is 0.102. The van der Waals surface area contributed by atoms with E-state index in [0.29, 0.717) is 6.42 Å². The molecule has 13 heteroatoms. The second-order valence-corrected chi connectivity index (χ2v) is 11.9. The van der Waals surface area contributed by atoms with Crippen LogP contribution in [0.5, 0.6) is 0 Å². The van der Waals surface area contributed by atoms with Crippen LogP contribution in [-0.2, 0) is 19.1 Å². The molecular formula is C31H38F3N3O7. The lowest BCUT2D eigenvalue weighted by Gasteiger charge is -2.23. The summed E-state index contributed by atoms with van der Waals surface area (Å²) < 4.78 is 38.1. The van der Waals surface area contributed by atoms with Crippen LogP contribution in [0.3, 0.4) is 0 Å². The van der Waals surface area contributed by atoms with E-state index in [1.807, 2.05) is 36.4 Å². The molecule has 10 nitrogen and oxygen atoms in total. The molecule has 0 radical (unpaired) electrons. The third kappa shape index (κ3) is 9.43. The highest BCUT2D eigenvalue weighted by Crippen LogP contribution is 2.44. The Balaban J connectivity index is 0.000000676. The Morgan fingerprint density at radius 3 is 2.02 bits per heavy atom. The molecular weight excluding hydrogens is 583 g/mol. The summed E-state index contributed by atoms with van der Waals surface area (Å²) in [5.74, 6) is -4.30. The number of carboxylic acid groups (broad SMARTS) is 2. The SMILES string of the molecule is C[N+](C)(C)CCCCCC(=O)N[C@H]1C[C@H](C(=O)O)N(C(=O)OCC2c3ccccc3-c3ccccc32)C1.O=C([O-])C(F)(F)F. The normalized spacial score (nSPS) is 17.6. The summed E-state index contributed by atoms with van der Waals surface area (Å²) in [6, 6.07) is 14.7. The molecule has 0 bridgehead atoms. The second kappa shape index (κ2) is 14.6. The average Bonchev–Trinajstić information content (AvgIpc) is 3.50. The number of carboxylic acids is 2. The maximum absolute atomic E-state index is 13.0. The van der Waals surface area contributed by atoms with Crippen LogP contribution in [-0.4, -0.2) is 97.5 Å². The number of carbonyl (C=O) groups is 4. The number of hydrogen-bond donors (Lipinski definition) is 2. The zero-order valence-corrected chi connectivity index (χ0v) is 24.9. The highest BCUT2D eigenvalue weighted by atomic mass is 19.4. The number of alkyl halides is 3. The summed E-state index contributed by atoms with van der Waals surface area (Å²) in [4.78, 5) is 47.4. The average molecular weight is 622 g/mol. The molecule has 44 heavy (non-hydrogen) atoms. The van der Waals surface area contributed by atoms with Gasteiger partial charge in [-0.05, 0) is 41.5 Å². The molecule has 4 rings (SSSR count). The lowest BCUT2D eigenvalue weighted by atomic mass is 9.98. The van der Waals surface area contributed by atoms with Gasteiger partial charge in [-0.15, -0.1) is 0 Å². The highest BCUT2D eigenvalue weighted by Gasteiger charge is 2.41. The van der Waals surface area contributed by atoms with E-state index in [4.69, 9.17) is 14.6 Å². The maximum atomic E-state index is 13.0. The molecule has 1 fully saturated rings. The largest absolute Gasteiger partial charge is 0.542 e. The van der Waals surface area contributed by atoms with Gasteiger partial charge in [0.2, 0.25) is 5.91 Å². The van der Waals surface area contributed by atoms with E-state index in [-0.39, 0.29) is 31.4 Å². The topological polar surface area (TPSA) is 136 Å². The van der Waals surface area contributed by atoms with Gasteiger partial charge in [0.05, 0.1) is 27.7 Å². The lowest BCUT2D eigenvalue weighted by Crippen LogP contribution is -2.42. The second-order valence-electron chi connectivity index (χ2n) is 11.9. The smallest absolute Gasteiger partial charge is 0.430 e. The van der Waals surface area contributed by atoms with Gasteiger partial charge >= 0.3 is 18.2 Å². The molecule has 240 valence electrons. The fourth-order valence-corrected chi connectivity index (χ4v) is 5.40. The number of quaternary nitrogens is 1. The number of hydrogen-bond acceptors (Lipinski definition) is 6. The first kappa shape index (κ1) is 34.4. The Bertz CT molecular complexity index is 1300. The molecule has 0 unspecified atom stereocenters. The van der Waals surface area contributed by atoms with Gasteiger partial charge in [-0.2, -0.15) is 13.2 Å². The van der Waals surface area contributed by atoms with Crippen LogP contribution >= 0.6 is 0 Å². The number of likely N-dealkylation sites (tertiary alicyclic amines) is 1. The molecule has 0 saturated carbocycles. The number of nitrogens with zero attached hydrogens (tertiary/aromatic N) is 2. The van der Waals surface area contributed by atoms with Crippen molar-refractivity contribution >= 4 is 23.9 Å². The van der Waals surface area contributed by atoms with E-state index < -0.39 is 36.3 Å². The first-order chi connectivity index (χ1) is 20.6. The van der Waals surface area contributed by atoms with E-state index in [2.05, 4.69) is 38.6 Å². The fourth-order valence-electron chi connectivity index (χ4n) is 5.40. The summed E-state index contributed by atoms with van der Waals surface area (Å²) in [6.45, 7) is 1.31. The lowest BCUT2D eigenvalue weighted by molar-refractivity contribution is -0.870. The van der Waals surface area contributed by atoms with Gasteiger partial charge in [0, 0.05) is 31.3 Å². The van der Waals surface area contributed by atoms with Gasteiger partial charge in [0.25, 0.3) is 0 Å². The van der Waals surface area contributed by atoms with Crippen molar-refractivity contribution in [2.24, 2.45) is 0 Å². The van der Waals surface area contributed by atoms with Crippen LogP contribution in [0.25, 0.3) is 11.1 Å². The molecule has 0 spiro atoms. The molecule has 2 aliphatic rings. The number of carbonyl (C=O) groups excluding carboxylic acids is 3. The molecule has 2 aromatic rings. The minimum Gasteiger partial charge on any atom is -0.542 e. The Hall–Kier alpha value is -4.13. The number of rotatable bonds is 10. The quantitative estimate of drug-likeness (QED) is 0.307. The summed E-state index contributed by atoms with van der Waals surface area (Å²) in [5.41, 5.74) is 4.45. The zero-order chi connectivity index (χ0) is 32.7. The fraction of sp³-hybridized carbons (Fsp3) is 0.484. The van der Waals surface area contributed by atoms with Crippen molar-refractivity contribution < 1.29 is 51.8 Å². The summed E-state index contributed by atoms with van der Waals surface area (Å²) in [7, 11) is 6.44. The highest BCUT2D eigenvalue weighted by molar-refractivity contribution is 5.82. The molecule has 1 heterocycles. The minimum atomic E-state index is -5.19. The predicted molar refractivity (Wildman–Crippen MR) is 152 cm³/mol. The first-order valence-electron chi connectivity index (χ1n) is 14.3. The van der Waals surface area contributed by atoms with Crippen molar-refractivity contribution in [3.05, 3.63) is 59.7 Å².